The van der Waals surface area contributed by atoms with Gasteiger partial charge >= 0.3 is 0 Å². The van der Waals surface area contributed by atoms with Crippen molar-refractivity contribution in [1.29, 1.82) is 0 Å². The molecular formula is C16H28N2O2. The van der Waals surface area contributed by atoms with Crippen LogP contribution in [-0.2, 0) is 9.53 Å². The summed E-state index contributed by atoms with van der Waals surface area (Å²) in [5.74, 6) is 1.12. The van der Waals surface area contributed by atoms with E-state index in [2.05, 4.69) is 19.2 Å². The Labute approximate surface area is 122 Å². The summed E-state index contributed by atoms with van der Waals surface area (Å²) in [6.45, 7) is 5.56. The molecule has 1 N–H and O–H groups in total. The van der Waals surface area contributed by atoms with E-state index in [0.29, 0.717) is 18.6 Å². The number of ether oxygens (including phenoxy) is 1. The maximum atomic E-state index is 12.8. The van der Waals surface area contributed by atoms with Crippen molar-refractivity contribution in [3.8, 4) is 0 Å². The minimum Gasteiger partial charge on any atom is -0.375 e. The zero-order valence-corrected chi connectivity index (χ0v) is 12.8. The van der Waals surface area contributed by atoms with Gasteiger partial charge in [-0.1, -0.05) is 12.8 Å². The maximum Gasteiger partial charge on any atom is 0.240 e. The Balaban J connectivity index is 1.62. The second-order valence-electron chi connectivity index (χ2n) is 6.93. The molecule has 20 heavy (non-hydrogen) atoms. The number of hydrogen-bond acceptors (Lipinski definition) is 3. The summed E-state index contributed by atoms with van der Waals surface area (Å²) in [6, 6.07) is 0.840. The molecule has 4 nitrogen and oxygen atoms in total. The third-order valence-electron chi connectivity index (χ3n) is 5.34. The smallest absolute Gasteiger partial charge is 0.240 e. The number of rotatable bonds is 1. The van der Waals surface area contributed by atoms with Gasteiger partial charge in [-0.3, -0.25) is 4.79 Å². The molecule has 2 aliphatic heterocycles. The Kier molecular flexibility index (Phi) is 4.32. The number of carbonyl (C=O) groups excluding carboxylic acids is 1. The highest BCUT2D eigenvalue weighted by atomic mass is 16.5. The first-order valence-electron chi connectivity index (χ1n) is 8.33. The third-order valence-corrected chi connectivity index (χ3v) is 5.34. The summed E-state index contributed by atoms with van der Waals surface area (Å²) in [4.78, 5) is 14.8. The van der Waals surface area contributed by atoms with Crippen molar-refractivity contribution in [2.45, 2.75) is 76.6 Å². The van der Waals surface area contributed by atoms with Gasteiger partial charge in [-0.05, 0) is 45.4 Å². The van der Waals surface area contributed by atoms with Crippen LogP contribution in [0.15, 0.2) is 0 Å². The minimum absolute atomic E-state index is 0.0436. The van der Waals surface area contributed by atoms with E-state index in [-0.39, 0.29) is 18.2 Å². The molecular weight excluding hydrogens is 252 g/mol. The largest absolute Gasteiger partial charge is 0.375 e. The fourth-order valence-electron chi connectivity index (χ4n) is 4.10. The van der Waals surface area contributed by atoms with Gasteiger partial charge in [0.15, 0.2) is 0 Å². The van der Waals surface area contributed by atoms with Gasteiger partial charge in [0.1, 0.15) is 0 Å². The molecule has 0 spiro atoms. The molecule has 0 aromatic heterocycles. The van der Waals surface area contributed by atoms with Crippen molar-refractivity contribution in [2.24, 2.45) is 5.92 Å². The van der Waals surface area contributed by atoms with Crippen LogP contribution in [0.4, 0.5) is 0 Å². The number of hydrogen-bond donors (Lipinski definition) is 1. The lowest BCUT2D eigenvalue weighted by Crippen LogP contribution is -2.60. The zero-order chi connectivity index (χ0) is 14.1. The van der Waals surface area contributed by atoms with Gasteiger partial charge in [-0.2, -0.15) is 0 Å². The SMILES string of the molecule is CC1CN(C(=O)C2CCC3CCCCC3N2)C(C)CO1. The second-order valence-corrected chi connectivity index (χ2v) is 6.93. The normalized spacial score (nSPS) is 42.1. The van der Waals surface area contributed by atoms with Crippen molar-refractivity contribution in [2.75, 3.05) is 13.2 Å². The summed E-state index contributed by atoms with van der Waals surface area (Å²) in [7, 11) is 0. The van der Waals surface area contributed by atoms with Gasteiger partial charge in [-0.15, -0.1) is 0 Å². The average molecular weight is 280 g/mol. The van der Waals surface area contributed by atoms with E-state index in [1.807, 2.05) is 4.90 Å². The van der Waals surface area contributed by atoms with Crippen LogP contribution in [0.25, 0.3) is 0 Å². The van der Waals surface area contributed by atoms with Gasteiger partial charge < -0.3 is 15.0 Å². The lowest BCUT2D eigenvalue weighted by Gasteiger charge is -2.43. The van der Waals surface area contributed by atoms with Crippen LogP contribution in [0.3, 0.4) is 0 Å². The molecule has 3 rings (SSSR count). The van der Waals surface area contributed by atoms with E-state index in [1.165, 1.54) is 32.1 Å². The van der Waals surface area contributed by atoms with Gasteiger partial charge in [-0.25, -0.2) is 0 Å². The molecule has 1 amide bonds. The summed E-state index contributed by atoms with van der Waals surface area (Å²) in [5.41, 5.74) is 0. The van der Waals surface area contributed by atoms with Crippen molar-refractivity contribution < 1.29 is 9.53 Å². The molecule has 5 atom stereocenters. The Morgan fingerprint density at radius 1 is 1.15 bits per heavy atom. The number of carbonyl (C=O) groups is 1. The molecule has 3 fully saturated rings. The van der Waals surface area contributed by atoms with Crippen LogP contribution < -0.4 is 5.32 Å². The number of nitrogens with one attached hydrogen (secondary N) is 1. The second kappa shape index (κ2) is 6.02. The van der Waals surface area contributed by atoms with E-state index in [9.17, 15) is 4.79 Å². The number of morpholine rings is 1. The quantitative estimate of drug-likeness (QED) is 0.798. The van der Waals surface area contributed by atoms with Gasteiger partial charge in [0.25, 0.3) is 0 Å². The predicted octanol–water partition coefficient (Wildman–Crippen LogP) is 1.93. The highest BCUT2D eigenvalue weighted by molar-refractivity contribution is 5.82. The van der Waals surface area contributed by atoms with Gasteiger partial charge in [0, 0.05) is 12.6 Å². The number of piperidine rings is 1. The number of fused-ring (bicyclic) bond motifs is 1. The number of nitrogens with zero attached hydrogens (tertiary/aromatic N) is 1. The molecule has 0 radical (unpaired) electrons. The monoisotopic (exact) mass is 280 g/mol. The molecule has 4 heteroatoms. The molecule has 0 aromatic rings. The topological polar surface area (TPSA) is 41.6 Å². The first kappa shape index (κ1) is 14.3. The minimum atomic E-state index is 0.0436. The first-order chi connectivity index (χ1) is 9.65. The van der Waals surface area contributed by atoms with Crippen LogP contribution >= 0.6 is 0 Å². The summed E-state index contributed by atoms with van der Waals surface area (Å²) >= 11 is 0. The predicted molar refractivity (Wildman–Crippen MR) is 78.5 cm³/mol. The van der Waals surface area contributed by atoms with Crippen LogP contribution in [0.5, 0.6) is 0 Å². The van der Waals surface area contributed by atoms with Crippen molar-refractivity contribution in [3.63, 3.8) is 0 Å². The fraction of sp³-hybridized carbons (Fsp3) is 0.938. The molecule has 2 heterocycles. The van der Waals surface area contributed by atoms with E-state index in [0.717, 1.165) is 18.9 Å². The van der Waals surface area contributed by atoms with Crippen molar-refractivity contribution >= 4 is 5.91 Å². The molecule has 1 aliphatic carbocycles. The highest BCUT2D eigenvalue weighted by Crippen LogP contribution is 2.32. The molecule has 114 valence electrons. The summed E-state index contributed by atoms with van der Waals surface area (Å²) in [5, 5.41) is 3.66. The Morgan fingerprint density at radius 3 is 2.80 bits per heavy atom. The lowest BCUT2D eigenvalue weighted by molar-refractivity contribution is -0.146. The molecule has 0 aromatic carbocycles. The lowest BCUT2D eigenvalue weighted by atomic mass is 9.77. The highest BCUT2D eigenvalue weighted by Gasteiger charge is 2.38. The summed E-state index contributed by atoms with van der Waals surface area (Å²) < 4.78 is 5.63. The van der Waals surface area contributed by atoms with Crippen LogP contribution in [-0.4, -0.2) is 48.2 Å². The van der Waals surface area contributed by atoms with E-state index in [1.54, 1.807) is 0 Å². The van der Waals surface area contributed by atoms with Gasteiger partial charge in [0.2, 0.25) is 5.91 Å². The fourth-order valence-corrected chi connectivity index (χ4v) is 4.10. The van der Waals surface area contributed by atoms with Gasteiger partial charge in [0.05, 0.1) is 24.8 Å². The van der Waals surface area contributed by atoms with E-state index < -0.39 is 0 Å². The third kappa shape index (κ3) is 2.86. The zero-order valence-electron chi connectivity index (χ0n) is 12.8. The van der Waals surface area contributed by atoms with E-state index in [4.69, 9.17) is 4.74 Å². The molecule has 3 aliphatic rings. The standard InChI is InChI=1S/C16H28N2O2/c1-11-10-20-12(2)9-18(11)16(19)15-8-7-13-5-3-4-6-14(13)17-15/h11-15,17H,3-10H2,1-2H3. The summed E-state index contributed by atoms with van der Waals surface area (Å²) in [6.07, 6.45) is 7.70. The molecule has 5 unspecified atom stereocenters. The van der Waals surface area contributed by atoms with Crippen LogP contribution in [0.1, 0.15) is 52.4 Å². The van der Waals surface area contributed by atoms with Crippen LogP contribution in [0, 0.1) is 5.92 Å². The van der Waals surface area contributed by atoms with Crippen molar-refractivity contribution in [3.05, 3.63) is 0 Å². The van der Waals surface area contributed by atoms with Crippen LogP contribution in [0.2, 0.25) is 0 Å². The van der Waals surface area contributed by atoms with E-state index >= 15 is 0 Å². The molecule has 1 saturated carbocycles. The number of amides is 1. The average Bonchev–Trinajstić information content (AvgIpc) is 2.48. The Morgan fingerprint density at radius 2 is 1.95 bits per heavy atom. The molecule has 2 saturated heterocycles. The van der Waals surface area contributed by atoms with Crippen molar-refractivity contribution in [1.82, 2.24) is 10.2 Å². The Bertz CT molecular complexity index is 360. The molecule has 0 bridgehead atoms. The first-order valence-corrected chi connectivity index (χ1v) is 8.33. The maximum absolute atomic E-state index is 12.8. The Hall–Kier alpha value is -0.610.